The van der Waals surface area contributed by atoms with E-state index in [0.717, 1.165) is 17.7 Å². The lowest BCUT2D eigenvalue weighted by Gasteiger charge is -2.32. The number of hydrogen-bond donors (Lipinski definition) is 2. The Bertz CT molecular complexity index is 1210. The molecular formula is C21H19F6N7O2S. The molecule has 0 atom stereocenters. The standard InChI is InChI=1S/C21H19F6N7O2S/c22-20(23,24)11-34-5-3-13(4-6-34)36-17-2-1-12(7-29-17)31-18(35)14-8-30-37-19(14)33-16-10-28-9-15(32-16)21(25,26)27/h1-2,7-10,13H,3-6,11H2,(H,31,35)(H,32,33). The maximum Gasteiger partial charge on any atom is 0.434 e. The van der Waals surface area contributed by atoms with Gasteiger partial charge in [0.2, 0.25) is 5.88 Å². The molecule has 3 aromatic rings. The van der Waals surface area contributed by atoms with Crippen LogP contribution in [-0.4, -0.2) is 62.0 Å². The lowest BCUT2D eigenvalue weighted by molar-refractivity contribution is -0.149. The summed E-state index contributed by atoms with van der Waals surface area (Å²) in [5.41, 5.74) is -0.809. The molecule has 37 heavy (non-hydrogen) atoms. The smallest absolute Gasteiger partial charge is 0.434 e. The van der Waals surface area contributed by atoms with E-state index in [9.17, 15) is 31.1 Å². The normalized spacial score (nSPS) is 15.4. The summed E-state index contributed by atoms with van der Waals surface area (Å²) in [7, 11) is 0. The second-order valence-electron chi connectivity index (χ2n) is 8.03. The molecule has 1 saturated heterocycles. The number of alkyl halides is 6. The average Bonchev–Trinajstić information content (AvgIpc) is 3.28. The van der Waals surface area contributed by atoms with Crippen molar-refractivity contribution >= 4 is 33.9 Å². The van der Waals surface area contributed by atoms with Gasteiger partial charge in [0, 0.05) is 19.2 Å². The Morgan fingerprint density at radius 3 is 2.49 bits per heavy atom. The zero-order valence-electron chi connectivity index (χ0n) is 18.8. The fourth-order valence-electron chi connectivity index (χ4n) is 3.50. The van der Waals surface area contributed by atoms with Crippen LogP contribution in [0.3, 0.4) is 0 Å². The summed E-state index contributed by atoms with van der Waals surface area (Å²) in [5, 5.41) is 5.39. The lowest BCUT2D eigenvalue weighted by Crippen LogP contribution is -2.42. The number of anilines is 3. The Morgan fingerprint density at radius 2 is 1.84 bits per heavy atom. The average molecular weight is 547 g/mol. The SMILES string of the molecule is O=C(Nc1ccc(OC2CCN(CC(F)(F)F)CC2)nc1)c1cnsc1Nc1cncc(C(F)(F)F)n1. The minimum atomic E-state index is -4.67. The highest BCUT2D eigenvalue weighted by Crippen LogP contribution is 2.30. The molecule has 0 spiro atoms. The minimum absolute atomic E-state index is 0.0650. The maximum atomic E-state index is 12.9. The number of hydrogen-bond acceptors (Lipinski definition) is 9. The highest BCUT2D eigenvalue weighted by atomic mass is 32.1. The van der Waals surface area contributed by atoms with Gasteiger partial charge in [-0.05, 0) is 30.4 Å². The second kappa shape index (κ2) is 10.8. The predicted molar refractivity (Wildman–Crippen MR) is 121 cm³/mol. The highest BCUT2D eigenvalue weighted by Gasteiger charge is 2.34. The molecule has 0 bridgehead atoms. The number of piperidine rings is 1. The zero-order chi connectivity index (χ0) is 26.6. The summed E-state index contributed by atoms with van der Waals surface area (Å²) < 4.78 is 85.8. The molecular weight excluding hydrogens is 528 g/mol. The molecule has 9 nitrogen and oxygen atoms in total. The van der Waals surface area contributed by atoms with E-state index in [4.69, 9.17) is 4.74 Å². The largest absolute Gasteiger partial charge is 0.474 e. The van der Waals surface area contributed by atoms with Crippen molar-refractivity contribution in [1.82, 2.24) is 24.2 Å². The molecule has 16 heteroatoms. The molecule has 1 aliphatic rings. The molecule has 0 unspecified atom stereocenters. The van der Waals surface area contributed by atoms with Crippen LogP contribution in [0.25, 0.3) is 0 Å². The summed E-state index contributed by atoms with van der Waals surface area (Å²) in [4.78, 5) is 25.1. The van der Waals surface area contributed by atoms with Crippen molar-refractivity contribution < 1.29 is 35.9 Å². The number of carbonyl (C=O) groups is 1. The number of halogens is 6. The molecule has 1 aliphatic heterocycles. The van der Waals surface area contributed by atoms with E-state index in [1.54, 1.807) is 0 Å². The van der Waals surface area contributed by atoms with Crippen LogP contribution in [0.4, 0.5) is 42.8 Å². The van der Waals surface area contributed by atoms with Crippen LogP contribution >= 0.6 is 11.5 Å². The maximum absolute atomic E-state index is 12.9. The first-order chi connectivity index (χ1) is 17.5. The Labute approximate surface area is 210 Å². The van der Waals surface area contributed by atoms with E-state index in [2.05, 4.69) is 30.0 Å². The second-order valence-corrected chi connectivity index (χ2v) is 8.83. The van der Waals surface area contributed by atoms with Crippen LogP contribution in [0, 0.1) is 0 Å². The molecule has 0 aliphatic carbocycles. The van der Waals surface area contributed by atoms with Gasteiger partial charge in [0.25, 0.3) is 5.91 Å². The lowest BCUT2D eigenvalue weighted by atomic mass is 10.1. The number of amides is 1. The predicted octanol–water partition coefficient (Wildman–Crippen LogP) is 4.75. The van der Waals surface area contributed by atoms with Gasteiger partial charge in [0.15, 0.2) is 5.69 Å². The summed E-state index contributed by atoms with van der Waals surface area (Å²) in [6.45, 7) is -0.429. The first-order valence-corrected chi connectivity index (χ1v) is 11.6. The van der Waals surface area contributed by atoms with Gasteiger partial charge < -0.3 is 15.4 Å². The van der Waals surface area contributed by atoms with E-state index in [1.165, 1.54) is 29.4 Å². The first-order valence-electron chi connectivity index (χ1n) is 10.8. The van der Waals surface area contributed by atoms with Crippen molar-refractivity contribution in [3.8, 4) is 5.88 Å². The Hall–Kier alpha value is -3.53. The van der Waals surface area contributed by atoms with Crippen LogP contribution in [0.15, 0.2) is 36.9 Å². The van der Waals surface area contributed by atoms with E-state index >= 15 is 0 Å². The molecule has 2 N–H and O–H groups in total. The van der Waals surface area contributed by atoms with Crippen LogP contribution in [0.5, 0.6) is 5.88 Å². The summed E-state index contributed by atoms with van der Waals surface area (Å²) >= 11 is 0.849. The Morgan fingerprint density at radius 1 is 1.08 bits per heavy atom. The van der Waals surface area contributed by atoms with Crippen molar-refractivity contribution in [3.63, 3.8) is 0 Å². The fraction of sp³-hybridized carbons (Fsp3) is 0.381. The zero-order valence-corrected chi connectivity index (χ0v) is 19.6. The number of rotatable bonds is 7. The van der Waals surface area contributed by atoms with Crippen molar-refractivity contribution in [1.29, 1.82) is 0 Å². The summed E-state index contributed by atoms with van der Waals surface area (Å²) in [5.74, 6) is -0.542. The molecule has 0 aromatic carbocycles. The van der Waals surface area contributed by atoms with Gasteiger partial charge in [-0.15, -0.1) is 0 Å². The van der Waals surface area contributed by atoms with Crippen molar-refractivity contribution in [2.24, 2.45) is 0 Å². The molecule has 1 fully saturated rings. The van der Waals surface area contributed by atoms with Gasteiger partial charge in [-0.2, -0.15) is 30.7 Å². The molecule has 3 aromatic heterocycles. The van der Waals surface area contributed by atoms with Crippen LogP contribution in [-0.2, 0) is 6.18 Å². The van der Waals surface area contributed by atoms with Crippen molar-refractivity contribution in [2.45, 2.75) is 31.3 Å². The number of carbonyl (C=O) groups excluding carboxylic acids is 1. The molecule has 4 rings (SSSR count). The summed E-state index contributed by atoms with van der Waals surface area (Å²) in [6, 6.07) is 3.05. The number of aromatic nitrogens is 4. The molecule has 1 amide bonds. The fourth-order valence-corrected chi connectivity index (χ4v) is 4.16. The Balaban J connectivity index is 1.32. The molecule has 0 radical (unpaired) electrons. The van der Waals surface area contributed by atoms with Gasteiger partial charge in [-0.3, -0.25) is 14.7 Å². The topological polar surface area (TPSA) is 105 Å². The quantitative estimate of drug-likeness (QED) is 0.409. The van der Waals surface area contributed by atoms with Gasteiger partial charge in [-0.1, -0.05) is 0 Å². The van der Waals surface area contributed by atoms with Crippen molar-refractivity contribution in [3.05, 3.63) is 48.2 Å². The third kappa shape index (κ3) is 7.48. The first kappa shape index (κ1) is 26.5. The van der Waals surface area contributed by atoms with Gasteiger partial charge in [-0.25, -0.2) is 9.97 Å². The third-order valence-corrected chi connectivity index (χ3v) is 5.92. The highest BCUT2D eigenvalue weighted by molar-refractivity contribution is 7.10. The van der Waals surface area contributed by atoms with E-state index in [0.29, 0.717) is 24.7 Å². The summed E-state index contributed by atoms with van der Waals surface area (Å²) in [6.07, 6.45) is -4.08. The molecule has 4 heterocycles. The monoisotopic (exact) mass is 547 g/mol. The molecule has 0 saturated carbocycles. The van der Waals surface area contributed by atoms with Crippen molar-refractivity contribution in [2.75, 3.05) is 30.3 Å². The van der Waals surface area contributed by atoms with Crippen LogP contribution < -0.4 is 15.4 Å². The van der Waals surface area contributed by atoms with Gasteiger partial charge in [0.05, 0.1) is 42.6 Å². The van der Waals surface area contributed by atoms with E-state index in [1.807, 2.05) is 0 Å². The number of nitrogens with zero attached hydrogens (tertiary/aromatic N) is 5. The van der Waals surface area contributed by atoms with Gasteiger partial charge in [0.1, 0.15) is 16.9 Å². The van der Waals surface area contributed by atoms with Gasteiger partial charge >= 0.3 is 12.4 Å². The third-order valence-electron chi connectivity index (χ3n) is 5.20. The minimum Gasteiger partial charge on any atom is -0.474 e. The number of ether oxygens (including phenoxy) is 1. The van der Waals surface area contributed by atoms with Crippen LogP contribution in [0.2, 0.25) is 0 Å². The van der Waals surface area contributed by atoms with E-state index in [-0.39, 0.29) is 41.5 Å². The number of nitrogens with one attached hydrogen (secondary N) is 2. The number of likely N-dealkylation sites (tertiary alicyclic amines) is 1. The van der Waals surface area contributed by atoms with Crippen LogP contribution in [0.1, 0.15) is 28.9 Å². The van der Waals surface area contributed by atoms with E-state index < -0.39 is 30.5 Å². The number of pyridine rings is 1. The molecule has 198 valence electrons. The Kier molecular flexibility index (Phi) is 7.77.